The molecular formula is C13H14ClNO5. The van der Waals surface area contributed by atoms with E-state index in [9.17, 15) is 14.4 Å². The van der Waals surface area contributed by atoms with Crippen LogP contribution >= 0.6 is 0 Å². The molecule has 108 valence electrons. The zero-order valence-corrected chi connectivity index (χ0v) is 11.3. The van der Waals surface area contributed by atoms with E-state index in [2.05, 4.69) is 0 Å². The van der Waals surface area contributed by atoms with Gasteiger partial charge in [0.15, 0.2) is 0 Å². The maximum Gasteiger partial charge on any atom is 0.518 e. The monoisotopic (exact) mass is 299 g/mol. The maximum atomic E-state index is 11.8. The van der Waals surface area contributed by atoms with Crippen LogP contribution < -0.4 is 17.3 Å². The highest BCUT2D eigenvalue weighted by Gasteiger charge is 2.44. The van der Waals surface area contributed by atoms with Crippen LogP contribution in [0.15, 0.2) is 30.3 Å². The summed E-state index contributed by atoms with van der Waals surface area (Å²) in [5.74, 6) is -0.543. The van der Waals surface area contributed by atoms with Crippen LogP contribution in [0.5, 0.6) is 0 Å². The number of benzene rings is 1. The largest absolute Gasteiger partial charge is 1.00 e. The number of nitrogens with one attached hydrogen (secondary N) is 1. The fourth-order valence-corrected chi connectivity index (χ4v) is 1.84. The quantitative estimate of drug-likeness (QED) is 0.465. The number of carbonyl (C=O) groups excluding carboxylic acids is 3. The zero-order valence-electron chi connectivity index (χ0n) is 10.6. The number of halogens is 1. The van der Waals surface area contributed by atoms with Crippen LogP contribution in [-0.4, -0.2) is 31.1 Å². The Balaban J connectivity index is 0.00000200. The van der Waals surface area contributed by atoms with E-state index in [1.807, 2.05) is 30.3 Å². The summed E-state index contributed by atoms with van der Waals surface area (Å²) in [6, 6.07) is 8.42. The van der Waals surface area contributed by atoms with E-state index in [-0.39, 0.29) is 37.1 Å². The lowest BCUT2D eigenvalue weighted by molar-refractivity contribution is -0.843. The molecule has 1 aliphatic rings. The molecule has 0 saturated carbocycles. The Morgan fingerprint density at radius 1 is 1.40 bits per heavy atom. The van der Waals surface area contributed by atoms with Crippen LogP contribution in [0.4, 0.5) is 4.79 Å². The highest BCUT2D eigenvalue weighted by atomic mass is 35.5. The Bertz CT molecular complexity index is 479. The van der Waals surface area contributed by atoms with Crippen LogP contribution in [0, 0.1) is 0 Å². The van der Waals surface area contributed by atoms with Crippen molar-refractivity contribution in [2.45, 2.75) is 19.1 Å². The summed E-state index contributed by atoms with van der Waals surface area (Å²) in [5, 5.41) is 0. The molecule has 0 radical (unpaired) electrons. The number of amides is 1. The number of carbonyl (C=O) groups is 3. The van der Waals surface area contributed by atoms with Gasteiger partial charge >= 0.3 is 12.1 Å². The summed E-state index contributed by atoms with van der Waals surface area (Å²) in [7, 11) is 0. The van der Waals surface area contributed by atoms with E-state index >= 15 is 0 Å². The van der Waals surface area contributed by atoms with Crippen molar-refractivity contribution >= 4 is 18.3 Å². The van der Waals surface area contributed by atoms with Gasteiger partial charge in [0.05, 0.1) is 6.42 Å². The predicted octanol–water partition coefficient (Wildman–Crippen LogP) is -3.32. The molecule has 0 aliphatic carbocycles. The second-order valence-corrected chi connectivity index (χ2v) is 4.15. The molecule has 1 amide bonds. The van der Waals surface area contributed by atoms with Crippen molar-refractivity contribution in [3.05, 3.63) is 35.9 Å². The van der Waals surface area contributed by atoms with Crippen molar-refractivity contribution in [3.63, 3.8) is 0 Å². The molecule has 20 heavy (non-hydrogen) atoms. The van der Waals surface area contributed by atoms with Crippen LogP contribution in [0.3, 0.4) is 0 Å². The van der Waals surface area contributed by atoms with Crippen molar-refractivity contribution < 1.29 is 41.2 Å². The Morgan fingerprint density at radius 2 is 2.10 bits per heavy atom. The minimum atomic E-state index is -0.791. The summed E-state index contributed by atoms with van der Waals surface area (Å²) in [6.07, 6.45) is -0.0300. The molecule has 1 N–H and O–H groups in total. The highest BCUT2D eigenvalue weighted by molar-refractivity contribution is 5.80. The minimum Gasteiger partial charge on any atom is -1.00 e. The molecule has 2 rings (SSSR count). The van der Waals surface area contributed by atoms with Gasteiger partial charge in [-0.1, -0.05) is 30.3 Å². The molecule has 1 saturated heterocycles. The molecule has 1 aromatic rings. The lowest BCUT2D eigenvalue weighted by Crippen LogP contribution is -3.16. The molecule has 1 fully saturated rings. The fraction of sp³-hybridized carbons (Fsp3) is 0.308. The van der Waals surface area contributed by atoms with Gasteiger partial charge in [-0.05, 0) is 5.56 Å². The smallest absolute Gasteiger partial charge is 0.518 e. The number of esters is 1. The summed E-state index contributed by atoms with van der Waals surface area (Å²) >= 11 is 0. The number of cyclic esters (lactones) is 1. The van der Waals surface area contributed by atoms with Gasteiger partial charge in [-0.3, -0.25) is 0 Å². The zero-order chi connectivity index (χ0) is 13.7. The number of quaternary nitrogens is 1. The summed E-state index contributed by atoms with van der Waals surface area (Å²) in [4.78, 5) is 33.9. The van der Waals surface area contributed by atoms with Gasteiger partial charge in [-0.2, -0.15) is 9.69 Å². The Labute approximate surface area is 122 Å². The third kappa shape index (κ3) is 3.79. The first-order valence-corrected chi connectivity index (χ1v) is 5.89. The van der Waals surface area contributed by atoms with E-state index in [0.29, 0.717) is 6.29 Å². The SMILES string of the molecule is O=CC[C@H]1C(=O)OC[NH+]1C(=O)OCc1ccccc1.[Cl-]. The minimum absolute atomic E-state index is 0. The first-order chi connectivity index (χ1) is 9.22. The first kappa shape index (κ1) is 16.1. The van der Waals surface area contributed by atoms with Gasteiger partial charge in [-0.15, -0.1) is 0 Å². The highest BCUT2D eigenvalue weighted by Crippen LogP contribution is 2.01. The Morgan fingerprint density at radius 3 is 2.75 bits per heavy atom. The van der Waals surface area contributed by atoms with E-state index in [1.54, 1.807) is 0 Å². The second-order valence-electron chi connectivity index (χ2n) is 4.15. The lowest BCUT2D eigenvalue weighted by Gasteiger charge is -2.12. The van der Waals surface area contributed by atoms with Crippen molar-refractivity contribution in [1.29, 1.82) is 0 Å². The lowest BCUT2D eigenvalue weighted by atomic mass is 10.2. The van der Waals surface area contributed by atoms with Gasteiger partial charge in [0, 0.05) is 0 Å². The second kappa shape index (κ2) is 7.62. The molecule has 0 spiro atoms. The van der Waals surface area contributed by atoms with E-state index in [0.717, 1.165) is 5.56 Å². The normalized spacial score (nSPS) is 20.7. The van der Waals surface area contributed by atoms with E-state index in [4.69, 9.17) is 9.47 Å². The van der Waals surface area contributed by atoms with Gasteiger partial charge in [0.2, 0.25) is 12.8 Å². The standard InChI is InChI=1S/C13H13NO5.ClH/c15-7-6-11-12(16)19-9-14(11)13(17)18-8-10-4-2-1-3-5-10;/h1-5,7,11H,6,8-9H2;1H/t11-;/m0./s1. The molecule has 6 nitrogen and oxygen atoms in total. The molecule has 1 heterocycles. The van der Waals surface area contributed by atoms with Crippen molar-refractivity contribution in [2.75, 3.05) is 6.73 Å². The number of ether oxygens (including phenoxy) is 2. The average Bonchev–Trinajstić information content (AvgIpc) is 2.80. The predicted molar refractivity (Wildman–Crippen MR) is 63.0 cm³/mol. The molecular weight excluding hydrogens is 286 g/mol. The molecule has 0 aromatic heterocycles. The summed E-state index contributed by atoms with van der Waals surface area (Å²) in [6.45, 7) is 0.0378. The number of hydrogen-bond donors (Lipinski definition) is 1. The molecule has 0 bridgehead atoms. The van der Waals surface area contributed by atoms with Crippen LogP contribution in [0.2, 0.25) is 0 Å². The maximum absolute atomic E-state index is 11.8. The molecule has 2 atom stereocenters. The average molecular weight is 300 g/mol. The van der Waals surface area contributed by atoms with Crippen molar-refractivity contribution in [3.8, 4) is 0 Å². The molecule has 1 aromatic carbocycles. The van der Waals surface area contributed by atoms with Gasteiger partial charge in [0.25, 0.3) is 0 Å². The topological polar surface area (TPSA) is 74.1 Å². The molecule has 1 aliphatic heterocycles. The van der Waals surface area contributed by atoms with E-state index in [1.165, 1.54) is 0 Å². The molecule has 7 heteroatoms. The van der Waals surface area contributed by atoms with Gasteiger partial charge in [0.1, 0.15) is 12.9 Å². The van der Waals surface area contributed by atoms with Crippen LogP contribution in [0.25, 0.3) is 0 Å². The number of rotatable bonds is 4. The third-order valence-corrected chi connectivity index (χ3v) is 2.88. The fourth-order valence-electron chi connectivity index (χ4n) is 1.84. The van der Waals surface area contributed by atoms with Crippen LogP contribution in [-0.2, 0) is 25.7 Å². The Kier molecular flexibility index (Phi) is 6.14. The third-order valence-electron chi connectivity index (χ3n) is 2.88. The number of hydrogen-bond acceptors (Lipinski definition) is 5. The van der Waals surface area contributed by atoms with Gasteiger partial charge in [-0.25, -0.2) is 4.79 Å². The van der Waals surface area contributed by atoms with Crippen LogP contribution in [0.1, 0.15) is 12.0 Å². The molecule has 1 unspecified atom stereocenters. The van der Waals surface area contributed by atoms with E-state index < -0.39 is 18.1 Å². The van der Waals surface area contributed by atoms with Gasteiger partial charge < -0.3 is 26.7 Å². The Hall–Kier alpha value is -1.92. The summed E-state index contributed by atoms with van der Waals surface area (Å²) < 4.78 is 9.88. The van der Waals surface area contributed by atoms with Crippen molar-refractivity contribution in [1.82, 2.24) is 0 Å². The number of aldehydes is 1. The number of alkyl carbamates (subject to hydrolysis) is 2. The first-order valence-electron chi connectivity index (χ1n) is 5.89. The summed E-state index contributed by atoms with van der Waals surface area (Å²) in [5.41, 5.74) is 0.855. The van der Waals surface area contributed by atoms with Crippen molar-refractivity contribution in [2.24, 2.45) is 0 Å².